The molecule has 0 spiro atoms. The van der Waals surface area contributed by atoms with Crippen LogP contribution in [-0.4, -0.2) is 27.1 Å². The number of sulfonamides is 1. The number of nitrogens with zero attached hydrogens (tertiary/aromatic N) is 2. The molecule has 0 aromatic heterocycles. The number of halogens is 3. The molecule has 10 heteroatoms. The minimum Gasteiger partial charge on any atom is -0.271 e. The Morgan fingerprint density at radius 1 is 0.971 bits per heavy atom. The van der Waals surface area contributed by atoms with Crippen LogP contribution in [0, 0.1) is 13.8 Å². The molecular formula is C24H22F3N3O3S. The van der Waals surface area contributed by atoms with Gasteiger partial charge in [0.15, 0.2) is 0 Å². The van der Waals surface area contributed by atoms with Crippen LogP contribution in [0.4, 0.5) is 18.9 Å². The highest BCUT2D eigenvalue weighted by atomic mass is 32.2. The second-order valence-electron chi connectivity index (χ2n) is 7.59. The Hall–Kier alpha value is -3.66. The van der Waals surface area contributed by atoms with Crippen molar-refractivity contribution in [1.82, 2.24) is 5.43 Å². The van der Waals surface area contributed by atoms with Crippen LogP contribution >= 0.6 is 0 Å². The van der Waals surface area contributed by atoms with E-state index in [4.69, 9.17) is 0 Å². The molecule has 0 atom stereocenters. The molecule has 3 rings (SSSR count). The summed E-state index contributed by atoms with van der Waals surface area (Å²) in [5.74, 6) is -0.762. The van der Waals surface area contributed by atoms with E-state index in [0.717, 1.165) is 33.8 Å². The van der Waals surface area contributed by atoms with E-state index in [0.29, 0.717) is 5.69 Å². The van der Waals surface area contributed by atoms with Crippen LogP contribution in [0.25, 0.3) is 0 Å². The van der Waals surface area contributed by atoms with Crippen molar-refractivity contribution >= 4 is 27.8 Å². The topological polar surface area (TPSA) is 78.8 Å². The van der Waals surface area contributed by atoms with E-state index >= 15 is 0 Å². The average Bonchev–Trinajstić information content (AvgIpc) is 2.77. The fourth-order valence-electron chi connectivity index (χ4n) is 3.27. The lowest BCUT2D eigenvalue weighted by Crippen LogP contribution is -2.39. The van der Waals surface area contributed by atoms with Crippen LogP contribution in [0.2, 0.25) is 0 Å². The quantitative estimate of drug-likeness (QED) is 0.387. The number of hydrazone groups is 1. The fraction of sp³-hybridized carbons (Fsp3) is 0.167. The molecule has 6 nitrogen and oxygen atoms in total. The highest BCUT2D eigenvalue weighted by Gasteiger charge is 2.30. The standard InChI is InChI=1S/C24H22F3N3O3S/c1-17-11-18(2)13-21(12-17)30(34(32,33)22-9-4-3-5-10-22)16-23(31)29-28-15-19-7-6-8-20(14-19)24(25,26)27/h3-15H,16H2,1-2H3,(H,29,31)/b28-15+. The highest BCUT2D eigenvalue weighted by Crippen LogP contribution is 2.29. The summed E-state index contributed by atoms with van der Waals surface area (Å²) in [6.45, 7) is 3.03. The number of carbonyl (C=O) groups is 1. The molecule has 0 radical (unpaired) electrons. The summed E-state index contributed by atoms with van der Waals surface area (Å²) in [6.07, 6.45) is -3.45. The zero-order chi connectivity index (χ0) is 24.9. The van der Waals surface area contributed by atoms with Crippen LogP contribution in [0.1, 0.15) is 22.3 Å². The van der Waals surface area contributed by atoms with Gasteiger partial charge in [-0.2, -0.15) is 18.3 Å². The number of carbonyl (C=O) groups excluding carboxylic acids is 1. The van der Waals surface area contributed by atoms with Crippen molar-refractivity contribution in [2.75, 3.05) is 10.8 Å². The molecule has 1 amide bonds. The molecule has 0 fully saturated rings. The summed E-state index contributed by atoms with van der Waals surface area (Å²) < 4.78 is 66.2. The van der Waals surface area contributed by atoms with E-state index in [2.05, 4.69) is 10.5 Å². The Morgan fingerprint density at radius 2 is 1.62 bits per heavy atom. The second-order valence-corrected chi connectivity index (χ2v) is 9.45. The maximum atomic E-state index is 13.3. The number of benzene rings is 3. The summed E-state index contributed by atoms with van der Waals surface area (Å²) >= 11 is 0. The molecule has 0 saturated heterocycles. The predicted octanol–water partition coefficient (Wildman–Crippen LogP) is 4.67. The molecule has 0 aliphatic carbocycles. The number of alkyl halides is 3. The van der Waals surface area contributed by atoms with Crippen molar-refractivity contribution < 1.29 is 26.4 Å². The van der Waals surface area contributed by atoms with Crippen molar-refractivity contribution in [2.45, 2.75) is 24.9 Å². The van der Waals surface area contributed by atoms with Gasteiger partial charge in [0.25, 0.3) is 15.9 Å². The number of aryl methyl sites for hydroxylation is 2. The van der Waals surface area contributed by atoms with Crippen LogP contribution in [-0.2, 0) is 21.0 Å². The maximum Gasteiger partial charge on any atom is 0.416 e. The molecule has 1 N–H and O–H groups in total. The van der Waals surface area contributed by atoms with E-state index < -0.39 is 34.2 Å². The largest absolute Gasteiger partial charge is 0.416 e. The monoisotopic (exact) mass is 489 g/mol. The maximum absolute atomic E-state index is 13.3. The lowest BCUT2D eigenvalue weighted by Gasteiger charge is -2.24. The van der Waals surface area contributed by atoms with Gasteiger partial charge in [-0.05, 0) is 66.9 Å². The SMILES string of the molecule is Cc1cc(C)cc(N(CC(=O)N/N=C/c2cccc(C(F)(F)F)c2)S(=O)(=O)c2ccccc2)c1. The number of hydrogen-bond acceptors (Lipinski definition) is 4. The van der Waals surface area contributed by atoms with Crippen LogP contribution in [0.5, 0.6) is 0 Å². The number of nitrogens with one attached hydrogen (secondary N) is 1. The molecule has 34 heavy (non-hydrogen) atoms. The smallest absolute Gasteiger partial charge is 0.271 e. The van der Waals surface area contributed by atoms with Crippen LogP contribution in [0.3, 0.4) is 0 Å². The number of rotatable bonds is 7. The minimum atomic E-state index is -4.51. The van der Waals surface area contributed by atoms with Crippen molar-refractivity contribution in [3.05, 3.63) is 95.1 Å². The van der Waals surface area contributed by atoms with Gasteiger partial charge in [-0.25, -0.2) is 13.8 Å². The van der Waals surface area contributed by atoms with Gasteiger partial charge in [-0.15, -0.1) is 0 Å². The Morgan fingerprint density at radius 3 is 2.24 bits per heavy atom. The lowest BCUT2D eigenvalue weighted by atomic mass is 10.1. The van der Waals surface area contributed by atoms with Crippen LogP contribution < -0.4 is 9.73 Å². The Balaban J connectivity index is 1.84. The third-order valence-corrected chi connectivity index (χ3v) is 6.52. The summed E-state index contributed by atoms with van der Waals surface area (Å²) in [5.41, 5.74) is 3.39. The fourth-order valence-corrected chi connectivity index (χ4v) is 4.69. The molecular weight excluding hydrogens is 467 g/mol. The zero-order valence-electron chi connectivity index (χ0n) is 18.4. The van der Waals surface area contributed by atoms with Crippen molar-refractivity contribution in [3.63, 3.8) is 0 Å². The summed E-state index contributed by atoms with van der Waals surface area (Å²) in [6, 6.07) is 17.3. The van der Waals surface area contributed by atoms with Gasteiger partial charge >= 0.3 is 6.18 Å². The molecule has 178 valence electrons. The van der Waals surface area contributed by atoms with Gasteiger partial charge in [0, 0.05) is 0 Å². The van der Waals surface area contributed by atoms with E-state index in [-0.39, 0.29) is 10.5 Å². The number of amides is 1. The van der Waals surface area contributed by atoms with E-state index in [9.17, 15) is 26.4 Å². The number of hydrogen-bond donors (Lipinski definition) is 1. The molecule has 0 aliphatic heterocycles. The van der Waals surface area contributed by atoms with Gasteiger partial charge in [-0.3, -0.25) is 9.10 Å². The van der Waals surface area contributed by atoms with Gasteiger partial charge in [0.05, 0.1) is 22.4 Å². The molecule has 3 aromatic carbocycles. The van der Waals surface area contributed by atoms with Gasteiger partial charge in [-0.1, -0.05) is 36.4 Å². The van der Waals surface area contributed by atoms with Gasteiger partial charge < -0.3 is 0 Å². The van der Waals surface area contributed by atoms with E-state index in [1.54, 1.807) is 30.3 Å². The highest BCUT2D eigenvalue weighted by molar-refractivity contribution is 7.92. The molecule has 0 aliphatic rings. The Kier molecular flexibility index (Phi) is 7.41. The summed E-state index contributed by atoms with van der Waals surface area (Å²) in [7, 11) is -4.09. The molecule has 0 heterocycles. The molecule has 3 aromatic rings. The van der Waals surface area contributed by atoms with Crippen molar-refractivity contribution in [3.8, 4) is 0 Å². The zero-order valence-corrected chi connectivity index (χ0v) is 19.2. The lowest BCUT2D eigenvalue weighted by molar-refractivity contribution is -0.137. The Bertz CT molecular complexity index is 1290. The third kappa shape index (κ3) is 6.22. The number of anilines is 1. The third-order valence-electron chi connectivity index (χ3n) is 4.73. The summed E-state index contributed by atoms with van der Waals surface area (Å²) in [4.78, 5) is 12.6. The Labute approximate surface area is 195 Å². The molecule has 0 saturated carbocycles. The first-order valence-corrected chi connectivity index (χ1v) is 11.6. The average molecular weight is 490 g/mol. The predicted molar refractivity (Wildman–Crippen MR) is 124 cm³/mol. The van der Waals surface area contributed by atoms with E-state index in [1.807, 2.05) is 19.9 Å². The minimum absolute atomic E-state index is 0.00873. The first-order chi connectivity index (χ1) is 16.0. The normalized spacial score (nSPS) is 12.0. The van der Waals surface area contributed by atoms with E-state index in [1.165, 1.54) is 24.3 Å². The first-order valence-electron chi connectivity index (χ1n) is 10.1. The van der Waals surface area contributed by atoms with Crippen molar-refractivity contribution in [1.29, 1.82) is 0 Å². The summed E-state index contributed by atoms with van der Waals surface area (Å²) in [5, 5.41) is 3.69. The second kappa shape index (κ2) is 10.1. The first kappa shape index (κ1) is 25.0. The van der Waals surface area contributed by atoms with Gasteiger partial charge in [0.2, 0.25) is 0 Å². The van der Waals surface area contributed by atoms with Gasteiger partial charge in [0.1, 0.15) is 6.54 Å². The van der Waals surface area contributed by atoms with Crippen LogP contribution in [0.15, 0.2) is 82.8 Å². The molecule has 0 bridgehead atoms. The molecule has 0 unspecified atom stereocenters. The van der Waals surface area contributed by atoms with Crippen molar-refractivity contribution in [2.24, 2.45) is 5.10 Å².